The van der Waals surface area contributed by atoms with Crippen molar-refractivity contribution in [1.82, 2.24) is 19.7 Å². The average Bonchev–Trinajstić information content (AvgIpc) is 3.61. The SMILES string of the molecule is COc1ccc(-n2ccc3ccc(-c4cc(NC(=O)c5ccc(NC6CCN(C)CC6)cc5)[nH]n4)cc32)cc1. The number of ether oxygens (including phenoxy) is 1. The van der Waals surface area contributed by atoms with Crippen molar-refractivity contribution in [1.29, 1.82) is 0 Å². The van der Waals surface area contributed by atoms with E-state index < -0.39 is 0 Å². The van der Waals surface area contributed by atoms with Gasteiger partial charge in [-0.2, -0.15) is 5.10 Å². The number of likely N-dealkylation sites (tertiary alicyclic amines) is 1. The maximum absolute atomic E-state index is 12.9. The highest BCUT2D eigenvalue weighted by Gasteiger charge is 2.17. The Balaban J connectivity index is 1.14. The minimum Gasteiger partial charge on any atom is -0.497 e. The molecular formula is C31H32N6O2. The van der Waals surface area contributed by atoms with E-state index in [0.29, 0.717) is 17.4 Å². The Labute approximate surface area is 227 Å². The predicted molar refractivity (Wildman–Crippen MR) is 156 cm³/mol. The quantitative estimate of drug-likeness (QED) is 0.253. The first kappa shape index (κ1) is 24.8. The molecular weight excluding hydrogens is 488 g/mol. The number of nitrogens with zero attached hydrogens (tertiary/aromatic N) is 3. The van der Waals surface area contributed by atoms with Crippen molar-refractivity contribution < 1.29 is 9.53 Å². The summed E-state index contributed by atoms with van der Waals surface area (Å²) < 4.78 is 7.43. The highest BCUT2D eigenvalue weighted by atomic mass is 16.5. The van der Waals surface area contributed by atoms with Gasteiger partial charge in [0.2, 0.25) is 0 Å². The number of rotatable bonds is 7. The molecule has 0 unspecified atom stereocenters. The number of aromatic amines is 1. The summed E-state index contributed by atoms with van der Waals surface area (Å²) in [7, 11) is 3.82. The molecule has 0 aliphatic carbocycles. The van der Waals surface area contributed by atoms with Crippen LogP contribution >= 0.6 is 0 Å². The fourth-order valence-corrected chi connectivity index (χ4v) is 5.09. The third-order valence-corrected chi connectivity index (χ3v) is 7.40. The van der Waals surface area contributed by atoms with E-state index in [9.17, 15) is 4.79 Å². The van der Waals surface area contributed by atoms with Gasteiger partial charge in [0, 0.05) is 40.8 Å². The maximum atomic E-state index is 12.9. The van der Waals surface area contributed by atoms with Gasteiger partial charge in [0.05, 0.1) is 18.3 Å². The van der Waals surface area contributed by atoms with Gasteiger partial charge in [0.15, 0.2) is 0 Å². The Morgan fingerprint density at radius 2 is 1.74 bits per heavy atom. The van der Waals surface area contributed by atoms with Crippen molar-refractivity contribution in [3.63, 3.8) is 0 Å². The molecule has 3 aromatic carbocycles. The van der Waals surface area contributed by atoms with Crippen molar-refractivity contribution in [2.45, 2.75) is 18.9 Å². The summed E-state index contributed by atoms with van der Waals surface area (Å²) in [6.45, 7) is 2.21. The van der Waals surface area contributed by atoms with E-state index in [1.165, 1.54) is 0 Å². The number of carbonyl (C=O) groups excluding carboxylic acids is 1. The molecule has 0 saturated carbocycles. The fraction of sp³-hybridized carbons (Fsp3) is 0.226. The number of H-pyrrole nitrogens is 1. The molecule has 1 aliphatic heterocycles. The second-order valence-corrected chi connectivity index (χ2v) is 10.1. The van der Waals surface area contributed by atoms with Crippen LogP contribution in [0, 0.1) is 0 Å². The number of benzene rings is 3. The first-order valence-corrected chi connectivity index (χ1v) is 13.2. The van der Waals surface area contributed by atoms with Gasteiger partial charge < -0.3 is 24.8 Å². The number of anilines is 2. The van der Waals surface area contributed by atoms with E-state index in [2.05, 4.69) is 61.7 Å². The molecule has 39 heavy (non-hydrogen) atoms. The summed E-state index contributed by atoms with van der Waals surface area (Å²) >= 11 is 0. The summed E-state index contributed by atoms with van der Waals surface area (Å²) in [4.78, 5) is 15.2. The number of aromatic nitrogens is 3. The molecule has 5 aromatic rings. The number of carbonyl (C=O) groups is 1. The van der Waals surface area contributed by atoms with Gasteiger partial charge >= 0.3 is 0 Å². The zero-order chi connectivity index (χ0) is 26.8. The zero-order valence-electron chi connectivity index (χ0n) is 22.1. The molecule has 3 N–H and O–H groups in total. The standard InChI is InChI=1S/C31H32N6O2/c1-36-16-14-25(15-17-36)32-24-7-5-22(6-8-24)31(38)33-30-20-28(34-35-30)23-4-3-21-13-18-37(29(21)19-23)26-9-11-27(39-2)12-10-26/h3-13,18-20,25,32H,14-17H2,1-2H3,(H2,33,34,35,38). The van der Waals surface area contributed by atoms with Crippen LogP contribution in [0.2, 0.25) is 0 Å². The summed E-state index contributed by atoms with van der Waals surface area (Å²) in [5.41, 5.74) is 5.47. The van der Waals surface area contributed by atoms with Crippen LogP contribution in [-0.4, -0.2) is 58.9 Å². The second kappa shape index (κ2) is 10.7. The molecule has 8 heteroatoms. The molecule has 1 saturated heterocycles. The van der Waals surface area contributed by atoms with E-state index >= 15 is 0 Å². The zero-order valence-corrected chi connectivity index (χ0v) is 22.1. The molecule has 1 aliphatic rings. The number of fused-ring (bicyclic) bond motifs is 1. The van der Waals surface area contributed by atoms with Crippen LogP contribution in [0.3, 0.4) is 0 Å². The third kappa shape index (κ3) is 5.37. The van der Waals surface area contributed by atoms with Gasteiger partial charge in [0.1, 0.15) is 11.6 Å². The van der Waals surface area contributed by atoms with Crippen LogP contribution in [-0.2, 0) is 0 Å². The predicted octanol–water partition coefficient (Wildman–Crippen LogP) is 5.79. The second-order valence-electron chi connectivity index (χ2n) is 10.1. The van der Waals surface area contributed by atoms with Gasteiger partial charge in [-0.1, -0.05) is 12.1 Å². The molecule has 6 rings (SSSR count). The smallest absolute Gasteiger partial charge is 0.256 e. The van der Waals surface area contributed by atoms with E-state index in [1.807, 2.05) is 60.7 Å². The Morgan fingerprint density at radius 3 is 2.49 bits per heavy atom. The van der Waals surface area contributed by atoms with Gasteiger partial charge in [-0.05, 0) is 99.0 Å². The molecule has 1 fully saturated rings. The van der Waals surface area contributed by atoms with Crippen molar-refractivity contribution >= 4 is 28.3 Å². The Morgan fingerprint density at radius 1 is 0.974 bits per heavy atom. The van der Waals surface area contributed by atoms with E-state index in [-0.39, 0.29) is 5.91 Å². The average molecular weight is 521 g/mol. The lowest BCUT2D eigenvalue weighted by Gasteiger charge is -2.30. The Kier molecular flexibility index (Phi) is 6.77. The number of hydrogen-bond acceptors (Lipinski definition) is 5. The van der Waals surface area contributed by atoms with Gasteiger partial charge in [-0.3, -0.25) is 9.89 Å². The number of hydrogen-bond donors (Lipinski definition) is 3. The number of piperidine rings is 1. The molecule has 8 nitrogen and oxygen atoms in total. The van der Waals surface area contributed by atoms with E-state index in [0.717, 1.165) is 65.2 Å². The van der Waals surface area contributed by atoms with Crippen LogP contribution < -0.4 is 15.4 Å². The molecule has 0 radical (unpaired) electrons. The minimum absolute atomic E-state index is 0.181. The summed E-state index contributed by atoms with van der Waals surface area (Å²) in [6.07, 6.45) is 4.31. The van der Waals surface area contributed by atoms with Crippen molar-refractivity contribution in [3.05, 3.63) is 90.6 Å². The monoisotopic (exact) mass is 520 g/mol. The summed E-state index contributed by atoms with van der Waals surface area (Å²) in [6, 6.07) is 26.3. The van der Waals surface area contributed by atoms with Crippen molar-refractivity contribution in [3.8, 4) is 22.7 Å². The molecule has 3 heterocycles. The van der Waals surface area contributed by atoms with E-state index in [4.69, 9.17) is 4.74 Å². The molecule has 0 bridgehead atoms. The van der Waals surface area contributed by atoms with Crippen LogP contribution in [0.5, 0.6) is 5.75 Å². The van der Waals surface area contributed by atoms with Gasteiger partial charge in [0.25, 0.3) is 5.91 Å². The lowest BCUT2D eigenvalue weighted by Crippen LogP contribution is -2.36. The van der Waals surface area contributed by atoms with Crippen LogP contribution in [0.4, 0.5) is 11.5 Å². The number of methoxy groups -OCH3 is 1. The minimum atomic E-state index is -0.181. The van der Waals surface area contributed by atoms with Crippen LogP contribution in [0.25, 0.3) is 27.8 Å². The first-order valence-electron chi connectivity index (χ1n) is 13.2. The third-order valence-electron chi connectivity index (χ3n) is 7.40. The van der Waals surface area contributed by atoms with Crippen molar-refractivity contribution in [2.24, 2.45) is 0 Å². The molecule has 0 atom stereocenters. The molecule has 198 valence electrons. The normalized spacial score (nSPS) is 14.4. The van der Waals surface area contributed by atoms with Crippen LogP contribution in [0.15, 0.2) is 85.1 Å². The van der Waals surface area contributed by atoms with Gasteiger partial charge in [-0.15, -0.1) is 0 Å². The lowest BCUT2D eigenvalue weighted by atomic mass is 10.0. The van der Waals surface area contributed by atoms with E-state index in [1.54, 1.807) is 7.11 Å². The highest BCUT2D eigenvalue weighted by molar-refractivity contribution is 6.04. The summed E-state index contributed by atoms with van der Waals surface area (Å²) in [5.74, 6) is 1.19. The highest BCUT2D eigenvalue weighted by Crippen LogP contribution is 2.28. The first-order chi connectivity index (χ1) is 19.1. The maximum Gasteiger partial charge on any atom is 0.256 e. The summed E-state index contributed by atoms with van der Waals surface area (Å²) in [5, 5.41) is 15.1. The van der Waals surface area contributed by atoms with Gasteiger partial charge in [-0.25, -0.2) is 0 Å². The Bertz CT molecular complexity index is 1580. The molecule has 1 amide bonds. The largest absolute Gasteiger partial charge is 0.497 e. The fourth-order valence-electron chi connectivity index (χ4n) is 5.09. The van der Waals surface area contributed by atoms with Crippen molar-refractivity contribution in [2.75, 3.05) is 37.9 Å². The molecule has 2 aromatic heterocycles. The number of nitrogens with one attached hydrogen (secondary N) is 3. The lowest BCUT2D eigenvalue weighted by molar-refractivity contribution is 0.102. The Hall–Kier alpha value is -4.56. The van der Waals surface area contributed by atoms with Crippen LogP contribution in [0.1, 0.15) is 23.2 Å². The number of amides is 1. The molecule has 0 spiro atoms. The topological polar surface area (TPSA) is 87.2 Å².